The Hall–Kier alpha value is -3.52. The molecule has 2 aromatic carbocycles. The Morgan fingerprint density at radius 2 is 1.97 bits per heavy atom. The number of amides is 2. The van der Waals surface area contributed by atoms with Crippen LogP contribution in [0.3, 0.4) is 0 Å². The standard InChI is InChI=1S/C26H28N2O5S/c1-3-28(26(30)17-32-20-8-9-22-19(14-20)7-11-25(29)27-22)15-18-6-10-23(24(13-18)31-2)33-16-21-5-4-12-34-21/h4-6,8-10,12-14H,3,7,11,15-17H2,1-2H3,(H,27,29). The third kappa shape index (κ3) is 5.88. The SMILES string of the molecule is CCN(Cc1ccc(OCc2cccs2)c(OC)c1)C(=O)COc1ccc2c(c1)CCC(=O)N2. The van der Waals surface area contributed by atoms with Crippen LogP contribution in [0.5, 0.6) is 17.2 Å². The smallest absolute Gasteiger partial charge is 0.260 e. The number of hydrogen-bond donors (Lipinski definition) is 1. The number of nitrogens with one attached hydrogen (secondary N) is 1. The van der Waals surface area contributed by atoms with Crippen molar-refractivity contribution in [3.8, 4) is 17.2 Å². The number of anilines is 1. The second kappa shape index (κ2) is 11.1. The number of benzene rings is 2. The van der Waals surface area contributed by atoms with Crippen molar-refractivity contribution < 1.29 is 23.8 Å². The summed E-state index contributed by atoms with van der Waals surface area (Å²) in [5.74, 6) is 1.84. The number of ether oxygens (including phenoxy) is 3. The van der Waals surface area contributed by atoms with E-state index in [2.05, 4.69) is 5.32 Å². The molecular weight excluding hydrogens is 452 g/mol. The van der Waals surface area contributed by atoms with E-state index in [9.17, 15) is 9.59 Å². The number of aryl methyl sites for hydroxylation is 1. The van der Waals surface area contributed by atoms with E-state index in [0.717, 1.165) is 21.7 Å². The predicted octanol–water partition coefficient (Wildman–Crippen LogP) is 4.65. The molecule has 0 atom stereocenters. The quantitative estimate of drug-likeness (QED) is 0.457. The minimum atomic E-state index is -0.106. The van der Waals surface area contributed by atoms with Gasteiger partial charge in [0.25, 0.3) is 5.91 Å². The summed E-state index contributed by atoms with van der Waals surface area (Å²) < 4.78 is 17.2. The number of hydrogen-bond acceptors (Lipinski definition) is 6. The topological polar surface area (TPSA) is 77.1 Å². The van der Waals surface area contributed by atoms with Crippen molar-refractivity contribution in [3.63, 3.8) is 0 Å². The lowest BCUT2D eigenvalue weighted by atomic mass is 10.0. The van der Waals surface area contributed by atoms with Crippen LogP contribution in [0, 0.1) is 0 Å². The molecular formula is C26H28N2O5S. The van der Waals surface area contributed by atoms with Crippen molar-refractivity contribution in [2.24, 2.45) is 0 Å². The van der Waals surface area contributed by atoms with E-state index in [1.807, 2.05) is 54.8 Å². The maximum atomic E-state index is 12.8. The third-order valence-electron chi connectivity index (χ3n) is 5.62. The molecule has 1 aliphatic rings. The lowest BCUT2D eigenvalue weighted by Crippen LogP contribution is -2.34. The van der Waals surface area contributed by atoms with E-state index in [1.54, 1.807) is 29.4 Å². The number of carbonyl (C=O) groups excluding carboxylic acids is 2. The summed E-state index contributed by atoms with van der Waals surface area (Å²) in [6, 6.07) is 15.2. The number of likely N-dealkylation sites (N-methyl/N-ethyl adjacent to an activating group) is 1. The summed E-state index contributed by atoms with van der Waals surface area (Å²) in [6.45, 7) is 3.36. The summed E-state index contributed by atoms with van der Waals surface area (Å²) in [7, 11) is 1.61. The van der Waals surface area contributed by atoms with Crippen LogP contribution < -0.4 is 19.5 Å². The summed E-state index contributed by atoms with van der Waals surface area (Å²) in [4.78, 5) is 27.2. The lowest BCUT2D eigenvalue weighted by molar-refractivity contribution is -0.133. The second-order valence-corrected chi connectivity index (χ2v) is 8.95. The van der Waals surface area contributed by atoms with Crippen LogP contribution in [-0.4, -0.2) is 37.0 Å². The molecule has 0 aliphatic carbocycles. The molecule has 0 radical (unpaired) electrons. The van der Waals surface area contributed by atoms with Gasteiger partial charge in [-0.2, -0.15) is 0 Å². The molecule has 1 aliphatic heterocycles. The summed E-state index contributed by atoms with van der Waals surface area (Å²) >= 11 is 1.64. The van der Waals surface area contributed by atoms with Crippen molar-refractivity contribution >= 4 is 28.8 Å². The van der Waals surface area contributed by atoms with Crippen molar-refractivity contribution in [1.82, 2.24) is 4.90 Å². The molecule has 178 valence electrons. The molecule has 0 spiro atoms. The maximum absolute atomic E-state index is 12.8. The Labute approximate surface area is 203 Å². The Morgan fingerprint density at radius 1 is 1.09 bits per heavy atom. The number of carbonyl (C=O) groups is 2. The van der Waals surface area contributed by atoms with Gasteiger partial charge in [0, 0.05) is 30.1 Å². The Kier molecular flexibility index (Phi) is 7.69. The van der Waals surface area contributed by atoms with E-state index in [0.29, 0.717) is 49.8 Å². The van der Waals surface area contributed by atoms with Gasteiger partial charge >= 0.3 is 0 Å². The van der Waals surface area contributed by atoms with E-state index in [1.165, 1.54) is 0 Å². The van der Waals surface area contributed by atoms with Gasteiger partial charge in [-0.15, -0.1) is 11.3 Å². The first kappa shape index (κ1) is 23.6. The molecule has 0 fully saturated rings. The van der Waals surface area contributed by atoms with Gasteiger partial charge in [-0.1, -0.05) is 12.1 Å². The van der Waals surface area contributed by atoms with Crippen molar-refractivity contribution in [2.45, 2.75) is 32.9 Å². The van der Waals surface area contributed by atoms with Gasteiger partial charge in [-0.3, -0.25) is 9.59 Å². The number of methoxy groups -OCH3 is 1. The van der Waals surface area contributed by atoms with Gasteiger partial charge in [-0.25, -0.2) is 0 Å². The lowest BCUT2D eigenvalue weighted by Gasteiger charge is -2.22. The molecule has 34 heavy (non-hydrogen) atoms. The molecule has 1 aromatic heterocycles. The minimum absolute atomic E-state index is 0.0219. The van der Waals surface area contributed by atoms with Crippen LogP contribution in [0.2, 0.25) is 0 Å². The molecule has 0 saturated heterocycles. The highest BCUT2D eigenvalue weighted by molar-refractivity contribution is 7.09. The zero-order valence-electron chi connectivity index (χ0n) is 19.3. The van der Waals surface area contributed by atoms with Crippen LogP contribution in [0.15, 0.2) is 53.9 Å². The monoisotopic (exact) mass is 480 g/mol. The average molecular weight is 481 g/mol. The van der Waals surface area contributed by atoms with Gasteiger partial charge in [0.15, 0.2) is 18.1 Å². The third-order valence-corrected chi connectivity index (χ3v) is 6.47. The molecule has 7 nitrogen and oxygen atoms in total. The summed E-state index contributed by atoms with van der Waals surface area (Å²) in [5.41, 5.74) is 2.77. The first-order chi connectivity index (χ1) is 16.6. The molecule has 0 unspecified atom stereocenters. The van der Waals surface area contributed by atoms with Crippen molar-refractivity contribution in [3.05, 3.63) is 69.9 Å². The molecule has 3 aromatic rings. The summed E-state index contributed by atoms with van der Waals surface area (Å²) in [5, 5.41) is 4.86. The normalized spacial score (nSPS) is 12.5. The number of nitrogens with zero attached hydrogens (tertiary/aromatic N) is 1. The van der Waals surface area contributed by atoms with Gasteiger partial charge in [0.2, 0.25) is 5.91 Å². The van der Waals surface area contributed by atoms with Gasteiger partial charge in [0.1, 0.15) is 12.4 Å². The molecule has 2 heterocycles. The van der Waals surface area contributed by atoms with Gasteiger partial charge in [-0.05, 0) is 66.2 Å². The fraction of sp³-hybridized carbons (Fsp3) is 0.308. The Balaban J connectivity index is 1.34. The maximum Gasteiger partial charge on any atom is 0.260 e. The molecule has 8 heteroatoms. The highest BCUT2D eigenvalue weighted by Crippen LogP contribution is 2.30. The van der Waals surface area contributed by atoms with E-state index < -0.39 is 0 Å². The Bertz CT molecular complexity index is 1150. The molecule has 2 amide bonds. The Morgan fingerprint density at radius 3 is 2.74 bits per heavy atom. The number of rotatable bonds is 10. The predicted molar refractivity (Wildman–Crippen MR) is 132 cm³/mol. The van der Waals surface area contributed by atoms with Crippen LogP contribution in [0.1, 0.15) is 29.3 Å². The largest absolute Gasteiger partial charge is 0.493 e. The first-order valence-electron chi connectivity index (χ1n) is 11.2. The molecule has 0 saturated carbocycles. The highest BCUT2D eigenvalue weighted by Gasteiger charge is 2.17. The fourth-order valence-electron chi connectivity index (χ4n) is 3.76. The molecule has 1 N–H and O–H groups in total. The highest BCUT2D eigenvalue weighted by atomic mass is 32.1. The zero-order chi connectivity index (χ0) is 23.9. The van der Waals surface area contributed by atoms with Gasteiger partial charge < -0.3 is 24.4 Å². The molecule has 0 bridgehead atoms. The van der Waals surface area contributed by atoms with Crippen LogP contribution in [0.25, 0.3) is 0 Å². The van der Waals surface area contributed by atoms with E-state index >= 15 is 0 Å². The number of thiophene rings is 1. The zero-order valence-corrected chi connectivity index (χ0v) is 20.2. The number of fused-ring (bicyclic) bond motifs is 1. The van der Waals surface area contributed by atoms with Crippen molar-refractivity contribution in [1.29, 1.82) is 0 Å². The van der Waals surface area contributed by atoms with E-state index in [4.69, 9.17) is 14.2 Å². The minimum Gasteiger partial charge on any atom is -0.493 e. The second-order valence-electron chi connectivity index (χ2n) is 7.92. The average Bonchev–Trinajstić information content (AvgIpc) is 3.38. The van der Waals surface area contributed by atoms with Crippen LogP contribution >= 0.6 is 11.3 Å². The van der Waals surface area contributed by atoms with Crippen LogP contribution in [-0.2, 0) is 29.2 Å². The molecule has 4 rings (SSSR count). The fourth-order valence-corrected chi connectivity index (χ4v) is 4.37. The van der Waals surface area contributed by atoms with Gasteiger partial charge in [0.05, 0.1) is 7.11 Å². The van der Waals surface area contributed by atoms with Crippen LogP contribution in [0.4, 0.5) is 5.69 Å². The first-order valence-corrected chi connectivity index (χ1v) is 12.1. The van der Waals surface area contributed by atoms with Crippen molar-refractivity contribution in [2.75, 3.05) is 25.6 Å². The van der Waals surface area contributed by atoms with E-state index in [-0.39, 0.29) is 18.4 Å². The summed E-state index contributed by atoms with van der Waals surface area (Å²) in [6.07, 6.45) is 1.13.